The fraction of sp³-hybridized carbons (Fsp3) is 0.346. The summed E-state index contributed by atoms with van der Waals surface area (Å²) in [5.74, 6) is 1.26. The summed E-state index contributed by atoms with van der Waals surface area (Å²) >= 11 is 0. The van der Waals surface area contributed by atoms with Gasteiger partial charge in [-0.1, -0.05) is 0 Å². The summed E-state index contributed by atoms with van der Waals surface area (Å²) in [6.07, 6.45) is 10.6. The van der Waals surface area contributed by atoms with Gasteiger partial charge in [0.1, 0.15) is 11.4 Å². The molecule has 0 saturated heterocycles. The summed E-state index contributed by atoms with van der Waals surface area (Å²) in [5.41, 5.74) is 6.30. The molecule has 170 valence electrons. The number of ether oxygens (including phenoxy) is 1. The number of nitrogens with zero attached hydrogens (tertiary/aromatic N) is 4. The van der Waals surface area contributed by atoms with Crippen LogP contribution in [0.2, 0.25) is 0 Å². The van der Waals surface area contributed by atoms with Crippen LogP contribution in [0.15, 0.2) is 49.1 Å². The number of hydrogen-bond acceptors (Lipinski definition) is 5. The smallest absolute Gasteiger partial charge is 0.168 e. The molecule has 1 N–H and O–H groups in total. The van der Waals surface area contributed by atoms with Crippen molar-refractivity contribution in [3.05, 3.63) is 54.6 Å². The predicted octanol–water partition coefficient (Wildman–Crippen LogP) is 5.21. The molecule has 1 aromatic carbocycles. The number of carbonyl (C=O) groups is 1. The third-order valence-electron chi connectivity index (χ3n) is 6.06. The van der Waals surface area contributed by atoms with Crippen LogP contribution in [0.5, 0.6) is 5.75 Å². The average molecular weight is 444 g/mol. The summed E-state index contributed by atoms with van der Waals surface area (Å²) in [4.78, 5) is 17.8. The summed E-state index contributed by atoms with van der Waals surface area (Å²) in [6, 6.07) is 8.29. The van der Waals surface area contributed by atoms with E-state index in [1.807, 2.05) is 44.0 Å². The van der Waals surface area contributed by atoms with Crippen LogP contribution in [0.4, 0.5) is 5.69 Å². The van der Waals surface area contributed by atoms with Crippen molar-refractivity contribution >= 4 is 17.1 Å². The monoisotopic (exact) mass is 443 g/mol. The number of aromatic nitrogens is 4. The molecular formula is C26H29N5O2. The van der Waals surface area contributed by atoms with Gasteiger partial charge in [-0.2, -0.15) is 5.10 Å². The van der Waals surface area contributed by atoms with E-state index in [0.717, 1.165) is 46.6 Å². The quantitative estimate of drug-likeness (QED) is 0.378. The van der Waals surface area contributed by atoms with Crippen molar-refractivity contribution in [2.75, 3.05) is 12.4 Å². The van der Waals surface area contributed by atoms with Crippen LogP contribution in [0.25, 0.3) is 28.0 Å². The van der Waals surface area contributed by atoms with E-state index in [2.05, 4.69) is 45.8 Å². The van der Waals surface area contributed by atoms with Crippen LogP contribution >= 0.6 is 0 Å². The predicted molar refractivity (Wildman–Crippen MR) is 130 cm³/mol. The number of aryl methyl sites for hydroxylation is 1. The minimum atomic E-state index is 0.142. The van der Waals surface area contributed by atoms with Crippen molar-refractivity contribution in [3.63, 3.8) is 0 Å². The number of imidazole rings is 1. The second-order valence-corrected chi connectivity index (χ2v) is 9.16. The van der Waals surface area contributed by atoms with Crippen molar-refractivity contribution < 1.29 is 9.53 Å². The Morgan fingerprint density at radius 3 is 2.67 bits per heavy atom. The molecular weight excluding hydrogens is 414 g/mol. The molecule has 0 unspecified atom stereocenters. The number of anilines is 1. The largest absolute Gasteiger partial charge is 0.496 e. The minimum Gasteiger partial charge on any atom is -0.496 e. The molecule has 7 nitrogen and oxygen atoms in total. The van der Waals surface area contributed by atoms with E-state index in [1.165, 1.54) is 0 Å². The van der Waals surface area contributed by atoms with Crippen molar-refractivity contribution in [2.24, 2.45) is 13.0 Å². The molecule has 0 amide bonds. The fourth-order valence-electron chi connectivity index (χ4n) is 4.27. The molecule has 1 aliphatic carbocycles. The Hall–Kier alpha value is -3.61. The topological polar surface area (TPSA) is 73.5 Å². The summed E-state index contributed by atoms with van der Waals surface area (Å²) in [7, 11) is 3.53. The molecule has 0 aliphatic heterocycles. The molecule has 3 aromatic heterocycles. The Labute approximate surface area is 193 Å². The molecule has 0 atom stereocenters. The van der Waals surface area contributed by atoms with Crippen LogP contribution in [0, 0.1) is 5.92 Å². The Kier molecular flexibility index (Phi) is 5.40. The maximum Gasteiger partial charge on any atom is 0.168 e. The van der Waals surface area contributed by atoms with Crippen LogP contribution in [0.1, 0.15) is 43.5 Å². The third kappa shape index (κ3) is 4.23. The Bertz CT molecular complexity index is 1330. The van der Waals surface area contributed by atoms with Gasteiger partial charge in [0.25, 0.3) is 0 Å². The summed E-state index contributed by atoms with van der Waals surface area (Å²) in [6.45, 7) is 4.14. The number of benzene rings is 1. The van der Waals surface area contributed by atoms with Crippen LogP contribution in [0.3, 0.4) is 0 Å². The Balaban J connectivity index is 1.58. The number of rotatable bonds is 8. The van der Waals surface area contributed by atoms with Gasteiger partial charge in [0.2, 0.25) is 0 Å². The number of methoxy groups -OCH3 is 1. The lowest BCUT2D eigenvalue weighted by atomic mass is 9.98. The molecule has 1 saturated carbocycles. The SMILES string of the molecule is COc1cc(-c2cnc3cc(-c4cnn(C)c4)ccn23)cc(NC(C)C)c1C(=O)CC1CC1. The zero-order valence-electron chi connectivity index (χ0n) is 19.5. The van der Waals surface area contributed by atoms with Gasteiger partial charge in [0, 0.05) is 48.7 Å². The van der Waals surface area contributed by atoms with Gasteiger partial charge in [-0.3, -0.25) is 13.9 Å². The van der Waals surface area contributed by atoms with Gasteiger partial charge < -0.3 is 10.1 Å². The molecule has 3 heterocycles. The molecule has 0 bridgehead atoms. The lowest BCUT2D eigenvalue weighted by Gasteiger charge is -2.19. The van der Waals surface area contributed by atoms with Crippen LogP contribution in [-0.2, 0) is 7.05 Å². The van der Waals surface area contributed by atoms with Gasteiger partial charge >= 0.3 is 0 Å². The van der Waals surface area contributed by atoms with E-state index in [0.29, 0.717) is 23.7 Å². The first kappa shape index (κ1) is 21.2. The molecule has 4 aromatic rings. The van der Waals surface area contributed by atoms with Gasteiger partial charge in [0.05, 0.1) is 30.8 Å². The summed E-state index contributed by atoms with van der Waals surface area (Å²) in [5, 5.41) is 7.73. The molecule has 0 spiro atoms. The lowest BCUT2D eigenvalue weighted by molar-refractivity contribution is 0.0974. The fourth-order valence-corrected chi connectivity index (χ4v) is 4.27. The number of carbonyl (C=O) groups excluding carboxylic acids is 1. The van der Waals surface area contributed by atoms with E-state index in [1.54, 1.807) is 11.8 Å². The standard InChI is InChI=1S/C26H29N5O2/c1-16(2)29-21-10-19(11-24(33-4)26(21)23(32)9-17-5-6-17)22-14-27-25-12-18(7-8-31(22)25)20-13-28-30(3)15-20/h7-8,10-17,29H,5-6,9H2,1-4H3. The zero-order valence-corrected chi connectivity index (χ0v) is 19.5. The highest BCUT2D eigenvalue weighted by Gasteiger charge is 2.28. The molecule has 1 fully saturated rings. The van der Waals surface area contributed by atoms with E-state index in [4.69, 9.17) is 4.74 Å². The minimum absolute atomic E-state index is 0.142. The van der Waals surface area contributed by atoms with Gasteiger partial charge in [-0.05, 0) is 62.4 Å². The molecule has 0 radical (unpaired) electrons. The number of ketones is 1. The molecule has 1 aliphatic rings. The maximum atomic E-state index is 13.1. The van der Waals surface area contributed by atoms with Gasteiger partial charge in [-0.15, -0.1) is 0 Å². The van der Waals surface area contributed by atoms with Gasteiger partial charge in [-0.25, -0.2) is 4.98 Å². The second kappa shape index (κ2) is 8.39. The van der Waals surface area contributed by atoms with Crippen LogP contribution in [-0.4, -0.2) is 38.1 Å². The summed E-state index contributed by atoms with van der Waals surface area (Å²) < 4.78 is 9.57. The van der Waals surface area contributed by atoms with E-state index in [-0.39, 0.29) is 11.8 Å². The molecule has 5 rings (SSSR count). The van der Waals surface area contributed by atoms with E-state index < -0.39 is 0 Å². The van der Waals surface area contributed by atoms with Crippen molar-refractivity contribution in [1.29, 1.82) is 0 Å². The second-order valence-electron chi connectivity index (χ2n) is 9.16. The van der Waals surface area contributed by atoms with Crippen molar-refractivity contribution in [1.82, 2.24) is 19.2 Å². The maximum absolute atomic E-state index is 13.1. The lowest BCUT2D eigenvalue weighted by Crippen LogP contribution is -2.15. The normalized spacial score (nSPS) is 13.6. The van der Waals surface area contributed by atoms with Crippen molar-refractivity contribution in [2.45, 2.75) is 39.2 Å². The highest BCUT2D eigenvalue weighted by atomic mass is 16.5. The number of nitrogens with one attached hydrogen (secondary N) is 1. The highest BCUT2D eigenvalue weighted by molar-refractivity contribution is 6.05. The Morgan fingerprint density at radius 1 is 1.18 bits per heavy atom. The Morgan fingerprint density at radius 2 is 2.00 bits per heavy atom. The number of fused-ring (bicyclic) bond motifs is 1. The first-order valence-corrected chi connectivity index (χ1v) is 11.4. The first-order valence-electron chi connectivity index (χ1n) is 11.4. The third-order valence-corrected chi connectivity index (χ3v) is 6.06. The van der Waals surface area contributed by atoms with Crippen LogP contribution < -0.4 is 10.1 Å². The first-order chi connectivity index (χ1) is 15.9. The van der Waals surface area contributed by atoms with E-state index >= 15 is 0 Å². The van der Waals surface area contributed by atoms with Crippen molar-refractivity contribution in [3.8, 4) is 28.1 Å². The average Bonchev–Trinajstić information content (AvgIpc) is 3.32. The number of pyridine rings is 1. The zero-order chi connectivity index (χ0) is 23.1. The van der Waals surface area contributed by atoms with Gasteiger partial charge in [0.15, 0.2) is 5.78 Å². The number of Topliss-reactive ketones (excluding diaryl/α,β-unsaturated/α-hetero) is 1. The highest BCUT2D eigenvalue weighted by Crippen LogP contribution is 2.39. The molecule has 7 heteroatoms. The molecule has 33 heavy (non-hydrogen) atoms. The number of hydrogen-bond donors (Lipinski definition) is 1. The van der Waals surface area contributed by atoms with E-state index in [9.17, 15) is 4.79 Å².